The Morgan fingerprint density at radius 3 is 2.76 bits per heavy atom. The van der Waals surface area contributed by atoms with Crippen LogP contribution >= 0.6 is 0 Å². The molecule has 1 atom stereocenters. The summed E-state index contributed by atoms with van der Waals surface area (Å²) in [6.07, 6.45) is 8.65. The van der Waals surface area contributed by atoms with Crippen molar-refractivity contribution >= 4 is 0 Å². The molecule has 1 aromatic rings. The number of aromatic nitrogens is 1. The largest absolute Gasteiger partial charge is 0.495 e. The van der Waals surface area contributed by atoms with Crippen LogP contribution in [0.3, 0.4) is 0 Å². The van der Waals surface area contributed by atoms with E-state index in [1.165, 1.54) is 24.8 Å². The van der Waals surface area contributed by atoms with Crippen LogP contribution in [0.25, 0.3) is 0 Å². The second-order valence-electron chi connectivity index (χ2n) is 4.26. The molecule has 0 bridgehead atoms. The first-order chi connectivity index (χ1) is 8.31. The lowest BCUT2D eigenvalue weighted by molar-refractivity contribution is 0.409. The third kappa shape index (κ3) is 4.73. The highest BCUT2D eigenvalue weighted by Crippen LogP contribution is 2.22. The minimum atomic E-state index is 0.397. The maximum Gasteiger partial charge on any atom is 0.137 e. The molecule has 17 heavy (non-hydrogen) atoms. The van der Waals surface area contributed by atoms with Crippen LogP contribution in [-0.2, 0) is 0 Å². The Morgan fingerprint density at radius 2 is 2.12 bits per heavy atom. The molecule has 1 heterocycles. The molecular formula is C14H24N2O. The van der Waals surface area contributed by atoms with Crippen LogP contribution in [0.15, 0.2) is 18.5 Å². The van der Waals surface area contributed by atoms with E-state index in [1.807, 2.05) is 6.20 Å². The van der Waals surface area contributed by atoms with Crippen molar-refractivity contribution < 1.29 is 4.74 Å². The van der Waals surface area contributed by atoms with E-state index < -0.39 is 0 Å². The molecule has 1 N–H and O–H groups in total. The highest BCUT2D eigenvalue weighted by Gasteiger charge is 2.10. The smallest absolute Gasteiger partial charge is 0.137 e. The maximum atomic E-state index is 5.22. The van der Waals surface area contributed by atoms with Gasteiger partial charge in [-0.3, -0.25) is 4.98 Å². The number of methoxy groups -OCH3 is 1. The van der Waals surface area contributed by atoms with Gasteiger partial charge in [0.05, 0.1) is 13.3 Å². The zero-order valence-corrected chi connectivity index (χ0v) is 11.2. The third-order valence-electron chi connectivity index (χ3n) is 2.92. The number of unbranched alkanes of at least 4 members (excludes halogenated alkanes) is 2. The molecule has 0 saturated heterocycles. The lowest BCUT2D eigenvalue weighted by atomic mass is 10.0. The average Bonchev–Trinajstić information content (AvgIpc) is 2.38. The molecule has 0 saturated carbocycles. The summed E-state index contributed by atoms with van der Waals surface area (Å²) in [4.78, 5) is 4.22. The molecule has 3 heteroatoms. The van der Waals surface area contributed by atoms with E-state index in [1.54, 1.807) is 13.3 Å². The molecular weight excluding hydrogens is 212 g/mol. The minimum Gasteiger partial charge on any atom is -0.495 e. The molecule has 0 aliphatic rings. The van der Waals surface area contributed by atoms with Crippen molar-refractivity contribution in [2.24, 2.45) is 0 Å². The van der Waals surface area contributed by atoms with Crippen LogP contribution in [0, 0.1) is 0 Å². The molecule has 96 valence electrons. The Kier molecular flexibility index (Phi) is 6.63. The summed E-state index contributed by atoms with van der Waals surface area (Å²) >= 11 is 0. The van der Waals surface area contributed by atoms with Gasteiger partial charge < -0.3 is 10.1 Å². The van der Waals surface area contributed by atoms with Crippen LogP contribution in [-0.4, -0.2) is 18.6 Å². The first kappa shape index (κ1) is 14.0. The van der Waals surface area contributed by atoms with Crippen LogP contribution in [0.4, 0.5) is 0 Å². The van der Waals surface area contributed by atoms with E-state index in [-0.39, 0.29) is 0 Å². The molecule has 0 radical (unpaired) electrons. The number of rotatable bonds is 8. The number of ether oxygens (including phenoxy) is 1. The Morgan fingerprint density at radius 1 is 1.29 bits per heavy atom. The van der Waals surface area contributed by atoms with Crippen LogP contribution < -0.4 is 10.1 Å². The predicted molar refractivity (Wildman–Crippen MR) is 71.3 cm³/mol. The van der Waals surface area contributed by atoms with Gasteiger partial charge in [-0.1, -0.05) is 33.1 Å². The van der Waals surface area contributed by atoms with Gasteiger partial charge in [0.25, 0.3) is 0 Å². The van der Waals surface area contributed by atoms with Gasteiger partial charge in [-0.2, -0.15) is 0 Å². The fraction of sp³-hybridized carbons (Fsp3) is 0.643. The van der Waals surface area contributed by atoms with Gasteiger partial charge in [0.1, 0.15) is 5.75 Å². The van der Waals surface area contributed by atoms with Gasteiger partial charge in [-0.05, 0) is 24.6 Å². The Bertz CT molecular complexity index is 315. The number of nitrogens with zero attached hydrogens (tertiary/aromatic N) is 1. The standard InChI is InChI=1S/C14H24N2O/c1-4-6-7-8-14(16-5-2)12-9-13(17-3)11-15-10-12/h9-11,14,16H,4-8H2,1-3H3. The van der Waals surface area contributed by atoms with E-state index in [9.17, 15) is 0 Å². The number of hydrogen-bond donors (Lipinski definition) is 1. The SMILES string of the molecule is CCCCCC(NCC)c1cncc(OC)c1. The van der Waals surface area contributed by atoms with Gasteiger partial charge in [0.15, 0.2) is 0 Å². The molecule has 0 spiro atoms. The van der Waals surface area contributed by atoms with E-state index in [2.05, 4.69) is 30.2 Å². The molecule has 1 unspecified atom stereocenters. The van der Waals surface area contributed by atoms with E-state index in [0.717, 1.165) is 18.7 Å². The lowest BCUT2D eigenvalue weighted by Gasteiger charge is -2.18. The van der Waals surface area contributed by atoms with E-state index in [0.29, 0.717) is 6.04 Å². The summed E-state index contributed by atoms with van der Waals surface area (Å²) < 4.78 is 5.22. The summed E-state index contributed by atoms with van der Waals surface area (Å²) in [7, 11) is 1.68. The van der Waals surface area contributed by atoms with Gasteiger partial charge in [0, 0.05) is 12.2 Å². The van der Waals surface area contributed by atoms with Crippen molar-refractivity contribution in [2.75, 3.05) is 13.7 Å². The highest BCUT2D eigenvalue weighted by molar-refractivity contribution is 5.25. The highest BCUT2D eigenvalue weighted by atomic mass is 16.5. The Balaban J connectivity index is 2.66. The maximum absolute atomic E-state index is 5.22. The predicted octanol–water partition coefficient (Wildman–Crippen LogP) is 3.32. The average molecular weight is 236 g/mol. The quantitative estimate of drug-likeness (QED) is 0.703. The van der Waals surface area contributed by atoms with Gasteiger partial charge in [-0.25, -0.2) is 0 Å². The van der Waals surface area contributed by atoms with Crippen LogP contribution in [0.5, 0.6) is 5.75 Å². The summed E-state index contributed by atoms with van der Waals surface area (Å²) in [5.41, 5.74) is 1.22. The van der Waals surface area contributed by atoms with E-state index in [4.69, 9.17) is 4.74 Å². The second-order valence-corrected chi connectivity index (χ2v) is 4.26. The zero-order valence-electron chi connectivity index (χ0n) is 11.2. The van der Waals surface area contributed by atoms with Gasteiger partial charge in [0.2, 0.25) is 0 Å². The van der Waals surface area contributed by atoms with Crippen molar-refractivity contribution in [1.82, 2.24) is 10.3 Å². The topological polar surface area (TPSA) is 34.2 Å². The summed E-state index contributed by atoms with van der Waals surface area (Å²) in [5.74, 6) is 0.834. The summed E-state index contributed by atoms with van der Waals surface area (Å²) in [6.45, 7) is 5.35. The molecule has 1 rings (SSSR count). The monoisotopic (exact) mass is 236 g/mol. The van der Waals surface area contributed by atoms with Crippen molar-refractivity contribution in [3.63, 3.8) is 0 Å². The minimum absolute atomic E-state index is 0.397. The molecule has 0 aliphatic heterocycles. The molecule has 0 fully saturated rings. The number of pyridine rings is 1. The lowest BCUT2D eigenvalue weighted by Crippen LogP contribution is -2.21. The first-order valence-electron chi connectivity index (χ1n) is 6.54. The van der Waals surface area contributed by atoms with Gasteiger partial charge >= 0.3 is 0 Å². The van der Waals surface area contributed by atoms with Gasteiger partial charge in [-0.15, -0.1) is 0 Å². The van der Waals surface area contributed by atoms with Crippen LogP contribution in [0.2, 0.25) is 0 Å². The van der Waals surface area contributed by atoms with E-state index >= 15 is 0 Å². The molecule has 0 aromatic carbocycles. The Hall–Kier alpha value is -1.09. The fourth-order valence-electron chi connectivity index (χ4n) is 1.97. The number of nitrogens with one attached hydrogen (secondary N) is 1. The van der Waals surface area contributed by atoms with Crippen molar-refractivity contribution in [3.05, 3.63) is 24.0 Å². The second kappa shape index (κ2) is 8.07. The molecule has 0 aliphatic carbocycles. The molecule has 0 amide bonds. The van der Waals surface area contributed by atoms with Crippen molar-refractivity contribution in [1.29, 1.82) is 0 Å². The first-order valence-corrected chi connectivity index (χ1v) is 6.54. The zero-order chi connectivity index (χ0) is 12.5. The van der Waals surface area contributed by atoms with Crippen molar-refractivity contribution in [2.45, 2.75) is 45.6 Å². The number of hydrogen-bond acceptors (Lipinski definition) is 3. The van der Waals surface area contributed by atoms with Crippen molar-refractivity contribution in [3.8, 4) is 5.75 Å². The fourth-order valence-corrected chi connectivity index (χ4v) is 1.97. The summed E-state index contributed by atoms with van der Waals surface area (Å²) in [5, 5.41) is 3.51. The van der Waals surface area contributed by atoms with Crippen LogP contribution in [0.1, 0.15) is 51.1 Å². The summed E-state index contributed by atoms with van der Waals surface area (Å²) in [6, 6.07) is 2.47. The molecule has 3 nitrogen and oxygen atoms in total. The molecule has 1 aromatic heterocycles. The Labute approximate surface area is 105 Å². The normalized spacial score (nSPS) is 12.4. The third-order valence-corrected chi connectivity index (χ3v) is 2.92.